The zero-order valence-electron chi connectivity index (χ0n) is 53.6. The predicted molar refractivity (Wildman–Crippen MR) is 356 cm³/mol. The lowest BCUT2D eigenvalue weighted by atomic mass is 10.0. The van der Waals surface area contributed by atoms with Gasteiger partial charge in [-0.3, -0.25) is 57.5 Å². The molecule has 36 heteroatoms. The molecule has 3 saturated heterocycles. The Kier molecular flexibility index (Phi) is 32.7. The number of phenolic OH excluding ortho intramolecular Hbond substituents is 1. The fraction of sp³-hybridized carbons (Fsp3) is 0.627. The van der Waals surface area contributed by atoms with Crippen molar-refractivity contribution in [3.05, 3.63) is 48.0 Å². The van der Waals surface area contributed by atoms with Crippen LogP contribution in [0.2, 0.25) is 0 Å². The number of carbonyl (C=O) groups excluding carboxylic acids is 12. The lowest BCUT2D eigenvalue weighted by Gasteiger charge is -2.31. The van der Waals surface area contributed by atoms with Gasteiger partial charge in [-0.25, -0.2) is 9.78 Å². The Bertz CT molecular complexity index is 2970. The Morgan fingerprint density at radius 2 is 1.35 bits per heavy atom. The Morgan fingerprint density at radius 1 is 0.716 bits per heavy atom. The van der Waals surface area contributed by atoms with Crippen LogP contribution >= 0.6 is 43.2 Å². The number of benzene rings is 1. The van der Waals surface area contributed by atoms with Crippen LogP contribution in [0, 0.1) is 11.8 Å². The first-order chi connectivity index (χ1) is 45.2. The average molecular weight is 1410 g/mol. The number of amides is 12. The summed E-state index contributed by atoms with van der Waals surface area (Å²) >= 11 is 0. The van der Waals surface area contributed by atoms with Gasteiger partial charge in [0.1, 0.15) is 66.2 Å². The summed E-state index contributed by atoms with van der Waals surface area (Å²) in [7, 11) is 3.52. The van der Waals surface area contributed by atoms with E-state index in [4.69, 9.17) is 11.5 Å². The second kappa shape index (κ2) is 39.6. The van der Waals surface area contributed by atoms with Crippen LogP contribution in [0.1, 0.15) is 97.2 Å². The number of aliphatic carboxylic acids is 1. The van der Waals surface area contributed by atoms with Crippen LogP contribution in [0.25, 0.3) is 0 Å². The number of rotatable bonds is 21. The standard InChI is InChI=1S/C59H90N16O16S4/c1-6-7-10-35(61)49(80)63-24-46(79)74-47(31(4)5)56(87)72-42-27-94-95-28-43(59(90)91)73-57(88)48-44(77)16-18-75(48)58(89)39(21-33-22-62-29-65-33)69-54(85)41-26-93-92-25-40(70-55(42)86)50(81)64-23-45(78)66-38(20-32-12-14-34(76)15-13-32)53(84)67-36(11-8-9-17-60)51(82)68-37(19-30(2)3)52(83)71-41/h12-15,22,29-31,35-44,47-48,76-77H,6-11,16-21,23-28,60-61H2,1-5H3,(H,62,65)(H,63,80)(H,64,81)(H,66,78)(H,67,84)(H,68,82)(H,69,85)(H,70,86)(H,71,83)(H,72,87)(H,73,88)(H,74,79)(H,90,91)/t35-,36-,37-,38-,39-,40-,41-,42-,43-,44-,47-,48-/m0/s1. The zero-order chi connectivity index (χ0) is 69.9. The molecule has 0 spiro atoms. The van der Waals surface area contributed by atoms with Crippen molar-refractivity contribution >= 4 is 120 Å². The molecule has 19 N–H and O–H groups in total. The third-order valence-electron chi connectivity index (χ3n) is 15.4. The molecule has 2 aromatic rings. The smallest absolute Gasteiger partial charge is 0.327 e. The van der Waals surface area contributed by atoms with Crippen molar-refractivity contribution in [2.24, 2.45) is 23.3 Å². The third-order valence-corrected chi connectivity index (χ3v) is 20.2. The highest BCUT2D eigenvalue weighted by Gasteiger charge is 2.45. The van der Waals surface area contributed by atoms with E-state index in [2.05, 4.69) is 68.5 Å². The van der Waals surface area contributed by atoms with Gasteiger partial charge in [0, 0.05) is 54.3 Å². The fourth-order valence-electron chi connectivity index (χ4n) is 10.1. The topological polar surface area (TPSA) is 499 Å². The lowest BCUT2D eigenvalue weighted by Crippen LogP contribution is -2.61. The molecule has 12 atom stereocenters. The van der Waals surface area contributed by atoms with Crippen LogP contribution in [-0.2, 0) is 75.2 Å². The molecule has 1 aromatic carbocycles. The van der Waals surface area contributed by atoms with Gasteiger partial charge in [0.15, 0.2) is 0 Å². The van der Waals surface area contributed by atoms with Crippen LogP contribution in [0.15, 0.2) is 36.8 Å². The highest BCUT2D eigenvalue weighted by Crippen LogP contribution is 2.27. The summed E-state index contributed by atoms with van der Waals surface area (Å²) in [6.07, 6.45) is 3.07. The van der Waals surface area contributed by atoms with Gasteiger partial charge in [-0.2, -0.15) is 0 Å². The Hall–Kier alpha value is -7.38. The number of unbranched alkanes of at least 4 members (excludes halogenated alkanes) is 2. The first-order valence-electron chi connectivity index (χ1n) is 31.4. The predicted octanol–water partition coefficient (Wildman–Crippen LogP) is -3.32. The van der Waals surface area contributed by atoms with E-state index in [1.54, 1.807) is 27.7 Å². The van der Waals surface area contributed by atoms with Crippen molar-refractivity contribution in [1.82, 2.24) is 73.4 Å². The lowest BCUT2D eigenvalue weighted by molar-refractivity contribution is -0.146. The number of carboxylic acids is 1. The van der Waals surface area contributed by atoms with Gasteiger partial charge in [-0.15, -0.1) is 0 Å². The molecule has 95 heavy (non-hydrogen) atoms. The van der Waals surface area contributed by atoms with Crippen molar-refractivity contribution in [2.45, 2.75) is 171 Å². The molecule has 0 unspecified atom stereocenters. The molecule has 3 aliphatic heterocycles. The van der Waals surface area contributed by atoms with Gasteiger partial charge in [0.25, 0.3) is 0 Å². The monoisotopic (exact) mass is 1410 g/mol. The van der Waals surface area contributed by atoms with E-state index in [-0.39, 0.29) is 74.1 Å². The minimum absolute atomic E-state index is 0.00223. The SMILES string of the molecule is CCCC[C@H](N)C(=O)NCC(=O)N[C@H](C(=O)N[C@H]1CSSC[C@@H](C(=O)O)NC(=O)[C@@H]2[C@@H](O)CCN2C(=O)[C@H](Cc2cnc[nH]2)NC(=O)[C@@H]2CSSC[C@H](NC1=O)C(=O)NCC(=O)N[C@@H](Cc1ccc(O)cc1)C(=O)N[C@@H](CCCCN)C(=O)N[C@@H](CC(C)C)C(=O)N2)C(C)C. The number of hydrogen-bond donors (Lipinski definition) is 17. The van der Waals surface area contributed by atoms with E-state index >= 15 is 0 Å². The van der Waals surface area contributed by atoms with Crippen LogP contribution < -0.4 is 70.0 Å². The highest BCUT2D eigenvalue weighted by molar-refractivity contribution is 8.77. The van der Waals surface area contributed by atoms with E-state index in [0.717, 1.165) is 54.5 Å². The van der Waals surface area contributed by atoms with Crippen molar-refractivity contribution < 1.29 is 77.6 Å². The molecule has 5 rings (SSSR count). The summed E-state index contributed by atoms with van der Waals surface area (Å²) in [6.45, 7) is 7.28. The number of nitrogens with two attached hydrogens (primary N) is 2. The molecule has 32 nitrogen and oxygen atoms in total. The molecule has 3 fully saturated rings. The number of aromatic hydroxyl groups is 1. The number of aromatic amines is 1. The van der Waals surface area contributed by atoms with Crippen LogP contribution in [-0.4, -0.2) is 229 Å². The summed E-state index contributed by atoms with van der Waals surface area (Å²) < 4.78 is 0. The maximum atomic E-state index is 15.0. The van der Waals surface area contributed by atoms with Gasteiger partial charge < -0.3 is 95.2 Å². The number of phenols is 1. The minimum atomic E-state index is -1.70. The molecule has 0 radical (unpaired) electrons. The summed E-state index contributed by atoms with van der Waals surface area (Å²) in [5.41, 5.74) is 12.6. The maximum Gasteiger partial charge on any atom is 0.327 e. The molecule has 0 saturated carbocycles. The molecule has 526 valence electrons. The molecule has 0 aliphatic carbocycles. The second-order valence-electron chi connectivity index (χ2n) is 23.9. The van der Waals surface area contributed by atoms with E-state index in [1.807, 2.05) is 6.92 Å². The largest absolute Gasteiger partial charge is 0.508 e. The number of nitrogens with zero attached hydrogens (tertiary/aromatic N) is 2. The molecule has 12 amide bonds. The Labute approximate surface area is 565 Å². The number of aliphatic hydroxyl groups excluding tert-OH is 1. The summed E-state index contributed by atoms with van der Waals surface area (Å²) in [5, 5.41) is 60.3. The second-order valence-corrected chi connectivity index (χ2v) is 29.0. The number of H-pyrrole nitrogens is 1. The van der Waals surface area contributed by atoms with Gasteiger partial charge in [0.05, 0.1) is 31.6 Å². The number of aliphatic hydroxyl groups is 1. The number of carboxylic acid groups (broad SMARTS) is 1. The van der Waals surface area contributed by atoms with Crippen LogP contribution in [0.5, 0.6) is 5.75 Å². The van der Waals surface area contributed by atoms with Crippen molar-refractivity contribution in [2.75, 3.05) is 49.2 Å². The molecule has 3 aliphatic rings. The Balaban J connectivity index is 1.61. The highest BCUT2D eigenvalue weighted by atomic mass is 33.1. The first-order valence-corrected chi connectivity index (χ1v) is 36.3. The normalized spacial score (nSPS) is 25.2. The van der Waals surface area contributed by atoms with E-state index in [1.165, 1.54) is 36.8 Å². The zero-order valence-corrected chi connectivity index (χ0v) is 56.9. The third kappa shape index (κ3) is 25.6. The van der Waals surface area contributed by atoms with Crippen LogP contribution in [0.3, 0.4) is 0 Å². The number of carbonyl (C=O) groups is 13. The van der Waals surface area contributed by atoms with E-state index < -0.39 is 174 Å². The molecule has 4 heterocycles. The number of nitrogens with one attached hydrogen (secondary N) is 12. The van der Waals surface area contributed by atoms with Crippen molar-refractivity contribution in [3.63, 3.8) is 0 Å². The quantitative estimate of drug-likeness (QED) is 0.0430. The minimum Gasteiger partial charge on any atom is -0.508 e. The first kappa shape index (κ1) is 78.3. The van der Waals surface area contributed by atoms with Gasteiger partial charge in [0.2, 0.25) is 70.9 Å². The number of hydrogen-bond acceptors (Lipinski definition) is 22. The maximum absolute atomic E-state index is 15.0. The van der Waals surface area contributed by atoms with Gasteiger partial charge in [-0.05, 0) is 74.6 Å². The van der Waals surface area contributed by atoms with Gasteiger partial charge in [-0.1, -0.05) is 103 Å². The number of imidazole rings is 1. The summed E-state index contributed by atoms with van der Waals surface area (Å²) in [6, 6.07) is -10.4. The summed E-state index contributed by atoms with van der Waals surface area (Å²) in [4.78, 5) is 192. The summed E-state index contributed by atoms with van der Waals surface area (Å²) in [5.74, 6) is -14.8. The van der Waals surface area contributed by atoms with Gasteiger partial charge >= 0.3 is 5.97 Å². The number of fused-ring (bicyclic) bond motifs is 6. The van der Waals surface area contributed by atoms with Crippen molar-refractivity contribution in [3.8, 4) is 5.75 Å². The average Bonchev–Trinajstić information content (AvgIpc) is 1.70. The van der Waals surface area contributed by atoms with E-state index in [0.29, 0.717) is 36.9 Å². The number of aromatic nitrogens is 2. The van der Waals surface area contributed by atoms with Crippen LogP contribution in [0.4, 0.5) is 0 Å². The fourth-order valence-corrected chi connectivity index (χ4v) is 14.8. The molecule has 1 aromatic heterocycles. The molecular weight excluding hydrogens is 1320 g/mol. The van der Waals surface area contributed by atoms with E-state index in [9.17, 15) is 77.6 Å². The molecule has 2 bridgehead atoms. The molecular formula is C59H90N16O16S4. The van der Waals surface area contributed by atoms with Crippen molar-refractivity contribution in [1.29, 1.82) is 0 Å². The Morgan fingerprint density at radius 3 is 1.99 bits per heavy atom.